The van der Waals surface area contributed by atoms with Crippen molar-refractivity contribution in [3.05, 3.63) is 23.7 Å². The summed E-state index contributed by atoms with van der Waals surface area (Å²) in [6.07, 6.45) is 4.10. The molecule has 0 atom stereocenters. The van der Waals surface area contributed by atoms with Gasteiger partial charge < -0.3 is 28.0 Å². The molecule has 16 nitrogen and oxygen atoms in total. The molecule has 0 amide bonds. The van der Waals surface area contributed by atoms with Gasteiger partial charge in [0, 0.05) is 37.8 Å². The number of nitrogens with one attached hydrogen (secondary N) is 2. The molecule has 0 radical (unpaired) electrons. The molecule has 16 heteroatoms. The number of aryl methyl sites for hydroxylation is 2. The summed E-state index contributed by atoms with van der Waals surface area (Å²) in [5.74, 6) is -4.06. The monoisotopic (exact) mass is 626 g/mol. The lowest BCUT2D eigenvalue weighted by Crippen LogP contribution is -2.54. The van der Waals surface area contributed by atoms with Gasteiger partial charge >= 0.3 is 23.9 Å². The molecule has 0 unspecified atom stereocenters. The Morgan fingerprint density at radius 2 is 1.00 bits per heavy atom. The lowest BCUT2D eigenvalue weighted by molar-refractivity contribution is -0.246. The number of carbonyl (C=O) groups is 4. The molecule has 4 heterocycles. The number of aromatic nitrogens is 2. The van der Waals surface area contributed by atoms with Gasteiger partial charge in [-0.1, -0.05) is 24.2 Å². The number of hydrazone groups is 2. The first-order chi connectivity index (χ1) is 21.4. The molecule has 2 aromatic heterocycles. The Labute approximate surface area is 257 Å². The third-order valence-corrected chi connectivity index (χ3v) is 9.31. The fraction of sp³-hybridized carbons (Fsp3) is 0.586. The van der Waals surface area contributed by atoms with Gasteiger partial charge in [0.15, 0.2) is 11.6 Å². The van der Waals surface area contributed by atoms with Crippen molar-refractivity contribution in [2.24, 2.45) is 27.5 Å². The Morgan fingerprint density at radius 3 is 1.29 bits per heavy atom. The van der Waals surface area contributed by atoms with E-state index in [1.165, 1.54) is 0 Å². The number of hydrogen-bond donors (Lipinski definition) is 2. The maximum atomic E-state index is 12.7. The molecule has 2 aromatic rings. The minimum Gasteiger partial charge on any atom is -0.417 e. The summed E-state index contributed by atoms with van der Waals surface area (Å²) < 4.78 is 32.4. The van der Waals surface area contributed by atoms with E-state index in [1.54, 1.807) is 26.0 Å². The maximum Gasteiger partial charge on any atom is 0.369 e. The minimum atomic E-state index is -1.33. The topological polar surface area (TPSA) is 206 Å². The first kappa shape index (κ1) is 30.3. The summed E-state index contributed by atoms with van der Waals surface area (Å²) in [5.41, 5.74) is 3.87. The molecule has 2 spiro atoms. The Morgan fingerprint density at radius 1 is 0.667 bits per heavy atom. The van der Waals surface area contributed by atoms with Crippen LogP contribution in [0.15, 0.2) is 31.4 Å². The number of nitrogens with zero attached hydrogens (tertiary/aromatic N) is 4. The highest BCUT2D eigenvalue weighted by Gasteiger charge is 2.54. The molecule has 2 saturated heterocycles. The van der Waals surface area contributed by atoms with Gasteiger partial charge in [0.1, 0.15) is 11.5 Å². The zero-order valence-electron chi connectivity index (χ0n) is 25.3. The molecule has 6 rings (SSSR count). The first-order valence-electron chi connectivity index (χ1n) is 14.8. The molecule has 2 aliphatic carbocycles. The molecule has 0 bridgehead atoms. The summed E-state index contributed by atoms with van der Waals surface area (Å²) >= 11 is 0. The van der Waals surface area contributed by atoms with Crippen LogP contribution in [-0.2, 0) is 38.1 Å². The van der Waals surface area contributed by atoms with Crippen LogP contribution in [0.2, 0.25) is 0 Å². The lowest BCUT2D eigenvalue weighted by Gasteiger charge is -2.50. The van der Waals surface area contributed by atoms with Crippen LogP contribution in [-0.4, -0.2) is 57.2 Å². The highest BCUT2D eigenvalue weighted by molar-refractivity contribution is 6.63. The Balaban J connectivity index is 1.02. The zero-order chi connectivity index (χ0) is 32.0. The molecule has 4 aliphatic rings. The smallest absolute Gasteiger partial charge is 0.369 e. The second-order valence-electron chi connectivity index (χ2n) is 12.5. The van der Waals surface area contributed by atoms with E-state index in [0.717, 1.165) is 0 Å². The van der Waals surface area contributed by atoms with Crippen LogP contribution in [0.5, 0.6) is 0 Å². The van der Waals surface area contributed by atoms with Crippen molar-refractivity contribution in [1.82, 2.24) is 10.3 Å². The molecule has 45 heavy (non-hydrogen) atoms. The summed E-state index contributed by atoms with van der Waals surface area (Å²) in [7, 11) is 0. The van der Waals surface area contributed by atoms with Crippen molar-refractivity contribution >= 4 is 46.9 Å². The highest BCUT2D eigenvalue weighted by Crippen LogP contribution is 2.53. The summed E-state index contributed by atoms with van der Waals surface area (Å²) in [5, 5.41) is 15.0. The number of anilines is 2. The standard InChI is InChI=1S/C29H34N6O10/c1-15-13-19(34-44-15)30-32-21-23(36)40-28(41-24(21)37)9-5-17(6-10-28)27(3,4)18-7-11-29(12-8-18)42-25(38)22(26(39)43-29)33-31-20-14-16(2)45-35-20/h13-14,17-18H,5-12H2,1-4H3,(H,30,34)(H,31,35). The number of carbonyl (C=O) groups excluding carboxylic acids is 4. The second-order valence-corrected chi connectivity index (χ2v) is 12.5. The number of rotatable bonds is 6. The average molecular weight is 627 g/mol. The molecular weight excluding hydrogens is 592 g/mol. The quantitative estimate of drug-likeness (QED) is 0.348. The Hall–Kier alpha value is -4.76. The Kier molecular flexibility index (Phi) is 7.61. The van der Waals surface area contributed by atoms with E-state index in [1.807, 2.05) is 0 Å². The molecule has 240 valence electrons. The van der Waals surface area contributed by atoms with Crippen LogP contribution in [0.4, 0.5) is 11.6 Å². The molecule has 2 saturated carbocycles. The molecular formula is C29H34N6O10. The number of esters is 4. The lowest BCUT2D eigenvalue weighted by atomic mass is 9.60. The van der Waals surface area contributed by atoms with Crippen molar-refractivity contribution < 1.29 is 47.2 Å². The summed E-state index contributed by atoms with van der Waals surface area (Å²) in [6, 6.07) is 3.11. The van der Waals surface area contributed by atoms with Crippen molar-refractivity contribution in [3.63, 3.8) is 0 Å². The largest absolute Gasteiger partial charge is 0.417 e. The predicted molar refractivity (Wildman–Crippen MR) is 152 cm³/mol. The van der Waals surface area contributed by atoms with Crippen LogP contribution in [0.25, 0.3) is 0 Å². The predicted octanol–water partition coefficient (Wildman–Crippen LogP) is 3.51. The van der Waals surface area contributed by atoms with E-state index < -0.39 is 46.9 Å². The van der Waals surface area contributed by atoms with Crippen LogP contribution in [0.3, 0.4) is 0 Å². The molecule has 2 aliphatic heterocycles. The van der Waals surface area contributed by atoms with E-state index in [-0.39, 0.29) is 28.9 Å². The second kappa shape index (κ2) is 11.3. The van der Waals surface area contributed by atoms with Crippen LogP contribution >= 0.6 is 0 Å². The average Bonchev–Trinajstić information content (AvgIpc) is 3.59. The normalized spacial score (nSPS) is 28.7. The van der Waals surface area contributed by atoms with E-state index in [4.69, 9.17) is 28.0 Å². The maximum absolute atomic E-state index is 12.7. The van der Waals surface area contributed by atoms with Crippen LogP contribution in [0.1, 0.15) is 76.7 Å². The third-order valence-electron chi connectivity index (χ3n) is 9.31. The fourth-order valence-electron chi connectivity index (χ4n) is 6.67. The van der Waals surface area contributed by atoms with Gasteiger partial charge in [-0.2, -0.15) is 10.2 Å². The number of ether oxygens (including phenoxy) is 4. The zero-order valence-corrected chi connectivity index (χ0v) is 25.3. The third kappa shape index (κ3) is 6.00. The fourth-order valence-corrected chi connectivity index (χ4v) is 6.67. The van der Waals surface area contributed by atoms with Crippen LogP contribution < -0.4 is 10.9 Å². The van der Waals surface area contributed by atoms with Gasteiger partial charge in [0.25, 0.3) is 23.0 Å². The molecule has 0 aromatic carbocycles. The van der Waals surface area contributed by atoms with Gasteiger partial charge in [-0.3, -0.25) is 10.9 Å². The van der Waals surface area contributed by atoms with Crippen molar-refractivity contribution in [2.75, 3.05) is 10.9 Å². The van der Waals surface area contributed by atoms with Gasteiger partial charge in [-0.15, -0.1) is 0 Å². The van der Waals surface area contributed by atoms with Crippen LogP contribution in [0, 0.1) is 31.1 Å². The van der Waals surface area contributed by atoms with Gasteiger partial charge in [-0.25, -0.2) is 19.2 Å². The molecule has 2 N–H and O–H groups in total. The SMILES string of the molecule is Cc1cc(NN=C2C(=O)OC3(CCC(C(C)(C)C4CCC5(CC4)OC(=O)C(=NNc4cc(C)on4)C(=O)O5)CC3)OC2=O)no1. The minimum absolute atomic E-state index is 0.146. The van der Waals surface area contributed by atoms with E-state index in [9.17, 15) is 19.2 Å². The van der Waals surface area contributed by atoms with E-state index >= 15 is 0 Å². The van der Waals surface area contributed by atoms with E-state index in [0.29, 0.717) is 62.9 Å². The van der Waals surface area contributed by atoms with E-state index in [2.05, 4.69) is 45.2 Å². The van der Waals surface area contributed by atoms with Crippen molar-refractivity contribution in [1.29, 1.82) is 0 Å². The molecule has 4 fully saturated rings. The van der Waals surface area contributed by atoms with Crippen molar-refractivity contribution in [2.45, 2.75) is 90.6 Å². The van der Waals surface area contributed by atoms with Gasteiger partial charge in [0.2, 0.25) is 0 Å². The Bertz CT molecular complexity index is 1410. The summed E-state index contributed by atoms with van der Waals surface area (Å²) in [4.78, 5) is 50.9. The van der Waals surface area contributed by atoms with Crippen molar-refractivity contribution in [3.8, 4) is 0 Å². The summed E-state index contributed by atoms with van der Waals surface area (Å²) in [6.45, 7) is 7.77. The highest BCUT2D eigenvalue weighted by atomic mass is 16.8. The number of hydrogen-bond acceptors (Lipinski definition) is 16. The van der Waals surface area contributed by atoms with Gasteiger partial charge in [-0.05, 0) is 56.8 Å². The van der Waals surface area contributed by atoms with Gasteiger partial charge in [0.05, 0.1) is 0 Å². The first-order valence-corrected chi connectivity index (χ1v) is 14.8.